The molecule has 0 bridgehead atoms. The van der Waals surface area contributed by atoms with Gasteiger partial charge in [-0.15, -0.1) is 0 Å². The first-order valence-corrected chi connectivity index (χ1v) is 9.19. The van der Waals surface area contributed by atoms with E-state index in [2.05, 4.69) is 45.3 Å². The fourth-order valence-corrected chi connectivity index (χ4v) is 3.43. The SMILES string of the molecule is CC(C)CC(CNCc1cn[nH]c1-c1cccnc1)N1CCOCC1. The van der Waals surface area contributed by atoms with E-state index in [1.807, 2.05) is 18.5 Å². The number of rotatable bonds is 8. The van der Waals surface area contributed by atoms with E-state index in [-0.39, 0.29) is 0 Å². The maximum atomic E-state index is 5.50. The molecule has 1 unspecified atom stereocenters. The van der Waals surface area contributed by atoms with Crippen LogP contribution in [0.25, 0.3) is 11.3 Å². The minimum atomic E-state index is 0.553. The summed E-state index contributed by atoms with van der Waals surface area (Å²) in [5, 5.41) is 11.0. The monoisotopic (exact) mass is 343 g/mol. The Morgan fingerprint density at radius 1 is 1.28 bits per heavy atom. The van der Waals surface area contributed by atoms with Crippen molar-refractivity contribution in [3.63, 3.8) is 0 Å². The van der Waals surface area contributed by atoms with Gasteiger partial charge in [0.05, 0.1) is 25.1 Å². The zero-order valence-electron chi connectivity index (χ0n) is 15.2. The van der Waals surface area contributed by atoms with E-state index < -0.39 is 0 Å². The summed E-state index contributed by atoms with van der Waals surface area (Å²) in [4.78, 5) is 6.76. The highest BCUT2D eigenvalue weighted by Gasteiger charge is 2.21. The molecule has 3 heterocycles. The first-order valence-electron chi connectivity index (χ1n) is 9.19. The average Bonchev–Trinajstić information content (AvgIpc) is 3.10. The van der Waals surface area contributed by atoms with E-state index in [1.165, 1.54) is 12.0 Å². The van der Waals surface area contributed by atoms with Crippen molar-refractivity contribution in [2.75, 3.05) is 32.8 Å². The smallest absolute Gasteiger partial charge is 0.0710 e. The number of aromatic amines is 1. The summed E-state index contributed by atoms with van der Waals surface area (Å²) in [6.45, 7) is 10.1. The lowest BCUT2D eigenvalue weighted by atomic mass is 10.0. The summed E-state index contributed by atoms with van der Waals surface area (Å²) in [6, 6.07) is 4.56. The van der Waals surface area contributed by atoms with E-state index in [9.17, 15) is 0 Å². The number of hydrogen-bond donors (Lipinski definition) is 2. The van der Waals surface area contributed by atoms with Crippen molar-refractivity contribution in [2.45, 2.75) is 32.9 Å². The molecule has 2 N–H and O–H groups in total. The number of H-pyrrole nitrogens is 1. The molecular formula is C19H29N5O. The van der Waals surface area contributed by atoms with E-state index in [0.29, 0.717) is 12.0 Å². The quantitative estimate of drug-likeness (QED) is 0.770. The summed E-state index contributed by atoms with van der Waals surface area (Å²) in [6.07, 6.45) is 6.76. The van der Waals surface area contributed by atoms with E-state index >= 15 is 0 Å². The second-order valence-electron chi connectivity index (χ2n) is 7.07. The second-order valence-corrected chi connectivity index (χ2v) is 7.07. The average molecular weight is 343 g/mol. The van der Waals surface area contributed by atoms with E-state index in [0.717, 1.165) is 50.7 Å². The number of nitrogens with one attached hydrogen (secondary N) is 2. The molecule has 0 saturated carbocycles. The molecule has 6 heteroatoms. The third kappa shape index (κ3) is 5.11. The van der Waals surface area contributed by atoms with Gasteiger partial charge in [-0.2, -0.15) is 5.10 Å². The normalized spacial score (nSPS) is 17.1. The van der Waals surface area contributed by atoms with Crippen molar-refractivity contribution in [2.24, 2.45) is 5.92 Å². The molecule has 1 fully saturated rings. The van der Waals surface area contributed by atoms with E-state index in [4.69, 9.17) is 4.74 Å². The van der Waals surface area contributed by atoms with Crippen molar-refractivity contribution in [3.8, 4) is 11.3 Å². The molecule has 136 valence electrons. The van der Waals surface area contributed by atoms with Gasteiger partial charge in [0.25, 0.3) is 0 Å². The lowest BCUT2D eigenvalue weighted by Gasteiger charge is -2.35. The summed E-state index contributed by atoms with van der Waals surface area (Å²) < 4.78 is 5.50. The molecule has 25 heavy (non-hydrogen) atoms. The van der Waals surface area contributed by atoms with Crippen molar-refractivity contribution in [1.82, 2.24) is 25.4 Å². The minimum Gasteiger partial charge on any atom is -0.379 e. The number of aromatic nitrogens is 3. The molecule has 1 aliphatic rings. The van der Waals surface area contributed by atoms with Crippen LogP contribution < -0.4 is 5.32 Å². The summed E-state index contributed by atoms with van der Waals surface area (Å²) in [5.41, 5.74) is 3.30. The zero-order chi connectivity index (χ0) is 17.5. The molecule has 2 aromatic heterocycles. The highest BCUT2D eigenvalue weighted by atomic mass is 16.5. The van der Waals surface area contributed by atoms with Gasteiger partial charge in [-0.3, -0.25) is 15.0 Å². The molecule has 0 radical (unpaired) electrons. The van der Waals surface area contributed by atoms with Crippen molar-refractivity contribution >= 4 is 0 Å². The van der Waals surface area contributed by atoms with Crippen LogP contribution in [0.2, 0.25) is 0 Å². The Labute approximate surface area is 150 Å². The van der Waals surface area contributed by atoms with Crippen LogP contribution in [0.1, 0.15) is 25.8 Å². The third-order valence-corrected chi connectivity index (χ3v) is 4.67. The maximum Gasteiger partial charge on any atom is 0.0710 e. The Morgan fingerprint density at radius 2 is 2.12 bits per heavy atom. The molecule has 0 aromatic carbocycles. The van der Waals surface area contributed by atoms with Gasteiger partial charge >= 0.3 is 0 Å². The van der Waals surface area contributed by atoms with Gasteiger partial charge in [-0.05, 0) is 24.5 Å². The van der Waals surface area contributed by atoms with Crippen molar-refractivity contribution in [3.05, 3.63) is 36.3 Å². The van der Waals surface area contributed by atoms with Gasteiger partial charge in [0.2, 0.25) is 0 Å². The Morgan fingerprint density at radius 3 is 2.84 bits per heavy atom. The van der Waals surface area contributed by atoms with Crippen LogP contribution in [-0.4, -0.2) is 59.0 Å². The molecule has 1 saturated heterocycles. The Hall–Kier alpha value is -1.76. The van der Waals surface area contributed by atoms with Gasteiger partial charge in [0.15, 0.2) is 0 Å². The van der Waals surface area contributed by atoms with Gasteiger partial charge in [-0.25, -0.2) is 0 Å². The fourth-order valence-electron chi connectivity index (χ4n) is 3.43. The van der Waals surface area contributed by atoms with Gasteiger partial charge < -0.3 is 10.1 Å². The molecule has 6 nitrogen and oxygen atoms in total. The molecule has 3 rings (SSSR count). The number of nitrogens with zero attached hydrogens (tertiary/aromatic N) is 3. The first kappa shape index (κ1) is 18.0. The first-order chi connectivity index (χ1) is 12.2. The molecule has 1 atom stereocenters. The number of morpholine rings is 1. The minimum absolute atomic E-state index is 0.553. The van der Waals surface area contributed by atoms with Crippen LogP contribution in [-0.2, 0) is 11.3 Å². The predicted molar refractivity (Wildman–Crippen MR) is 99.2 cm³/mol. The Bertz CT molecular complexity index is 622. The molecular weight excluding hydrogens is 314 g/mol. The maximum absolute atomic E-state index is 5.50. The zero-order valence-corrected chi connectivity index (χ0v) is 15.2. The summed E-state index contributed by atoms with van der Waals surface area (Å²) >= 11 is 0. The second kappa shape index (κ2) is 9.08. The van der Waals surface area contributed by atoms with Gasteiger partial charge in [-0.1, -0.05) is 13.8 Å². The molecule has 0 amide bonds. The van der Waals surface area contributed by atoms with E-state index in [1.54, 1.807) is 6.20 Å². The Balaban J connectivity index is 1.58. The fraction of sp³-hybridized carbons (Fsp3) is 0.579. The van der Waals surface area contributed by atoms with Crippen LogP contribution >= 0.6 is 0 Å². The molecule has 1 aliphatic heterocycles. The number of hydrogen-bond acceptors (Lipinski definition) is 5. The van der Waals surface area contributed by atoms with Crippen LogP contribution in [0, 0.1) is 5.92 Å². The van der Waals surface area contributed by atoms with Crippen LogP contribution in [0.3, 0.4) is 0 Å². The highest BCUT2D eigenvalue weighted by Crippen LogP contribution is 2.20. The van der Waals surface area contributed by atoms with Crippen LogP contribution in [0.4, 0.5) is 0 Å². The molecule has 0 aliphatic carbocycles. The lowest BCUT2D eigenvalue weighted by Crippen LogP contribution is -2.48. The van der Waals surface area contributed by atoms with Crippen LogP contribution in [0.5, 0.6) is 0 Å². The summed E-state index contributed by atoms with van der Waals surface area (Å²) in [5.74, 6) is 0.689. The van der Waals surface area contributed by atoms with Crippen LogP contribution in [0.15, 0.2) is 30.7 Å². The highest BCUT2D eigenvalue weighted by molar-refractivity contribution is 5.61. The predicted octanol–water partition coefficient (Wildman–Crippen LogP) is 2.31. The third-order valence-electron chi connectivity index (χ3n) is 4.67. The largest absolute Gasteiger partial charge is 0.379 e. The number of pyridine rings is 1. The topological polar surface area (TPSA) is 66.1 Å². The standard InChI is InChI=1S/C19H29N5O/c1-15(2)10-18(24-6-8-25-9-7-24)14-21-12-17-13-22-23-19(17)16-4-3-5-20-11-16/h3-5,11,13,15,18,21H,6-10,12,14H2,1-2H3,(H,22,23). The summed E-state index contributed by atoms with van der Waals surface area (Å²) in [7, 11) is 0. The Kier molecular flexibility index (Phi) is 6.55. The molecule has 2 aromatic rings. The van der Waals surface area contributed by atoms with Gasteiger partial charge in [0.1, 0.15) is 0 Å². The van der Waals surface area contributed by atoms with Crippen molar-refractivity contribution < 1.29 is 4.74 Å². The molecule has 0 spiro atoms. The van der Waals surface area contributed by atoms with Gasteiger partial charge in [0, 0.05) is 55.7 Å². The van der Waals surface area contributed by atoms with Crippen molar-refractivity contribution in [1.29, 1.82) is 0 Å². The number of ether oxygens (including phenoxy) is 1. The lowest BCUT2D eigenvalue weighted by molar-refractivity contribution is 0.0123.